The van der Waals surface area contributed by atoms with Gasteiger partial charge in [0, 0.05) is 23.2 Å². The highest BCUT2D eigenvalue weighted by atomic mass is 15.0. The second kappa shape index (κ2) is 6.10. The molecule has 4 heterocycles. The summed E-state index contributed by atoms with van der Waals surface area (Å²) in [5.74, 6) is 0. The van der Waals surface area contributed by atoms with Crippen LogP contribution in [0.3, 0.4) is 0 Å². The van der Waals surface area contributed by atoms with Gasteiger partial charge in [0.25, 0.3) is 0 Å². The van der Waals surface area contributed by atoms with Crippen molar-refractivity contribution in [1.29, 1.82) is 0 Å². The lowest BCUT2D eigenvalue weighted by Gasteiger charge is -2.12. The van der Waals surface area contributed by atoms with Crippen LogP contribution in [0.15, 0.2) is 85.3 Å². The van der Waals surface area contributed by atoms with Gasteiger partial charge in [0.05, 0.1) is 28.3 Å². The Morgan fingerprint density at radius 2 is 1.60 bits per heavy atom. The Labute approximate surface area is 200 Å². The molecule has 0 atom stereocenters. The highest BCUT2D eigenvalue weighted by molar-refractivity contribution is 6.16. The van der Waals surface area contributed by atoms with Gasteiger partial charge in [-0.05, 0) is 87.7 Å². The number of hydrogen-bond donors (Lipinski definition) is 0. The number of rotatable bonds is 0. The van der Waals surface area contributed by atoms with E-state index in [4.69, 9.17) is 9.97 Å². The van der Waals surface area contributed by atoms with E-state index < -0.39 is 0 Å². The minimum Gasteiger partial charge on any atom is -0.289 e. The summed E-state index contributed by atoms with van der Waals surface area (Å²) in [6.45, 7) is 0. The number of fused-ring (bicyclic) bond motifs is 15. The van der Waals surface area contributed by atoms with Crippen LogP contribution in [0.4, 0.5) is 0 Å². The Bertz CT molecular complexity index is 2070. The lowest BCUT2D eigenvalue weighted by atomic mass is 9.96. The first-order chi connectivity index (χ1) is 17.3. The molecule has 4 aromatic heterocycles. The molecule has 0 spiro atoms. The van der Waals surface area contributed by atoms with Crippen molar-refractivity contribution in [2.45, 2.75) is 12.8 Å². The Morgan fingerprint density at radius 3 is 2.60 bits per heavy atom. The molecule has 0 N–H and O–H groups in total. The van der Waals surface area contributed by atoms with E-state index in [0.717, 1.165) is 45.9 Å². The number of benzene rings is 3. The van der Waals surface area contributed by atoms with Gasteiger partial charge >= 0.3 is 0 Å². The van der Waals surface area contributed by atoms with Crippen molar-refractivity contribution in [3.8, 4) is 22.3 Å². The number of nitrogens with zero attached hydrogens (tertiary/aromatic N) is 4. The van der Waals surface area contributed by atoms with Gasteiger partial charge < -0.3 is 0 Å². The zero-order valence-electron chi connectivity index (χ0n) is 18.8. The van der Waals surface area contributed by atoms with Crippen LogP contribution in [-0.4, -0.2) is 19.4 Å². The molecule has 0 aliphatic heterocycles. The van der Waals surface area contributed by atoms with Crippen molar-refractivity contribution in [2.24, 2.45) is 0 Å². The van der Waals surface area contributed by atoms with Gasteiger partial charge in [-0.1, -0.05) is 36.4 Å². The highest BCUT2D eigenvalue weighted by Gasteiger charge is 2.28. The zero-order chi connectivity index (χ0) is 22.7. The van der Waals surface area contributed by atoms with Crippen LogP contribution in [0.25, 0.3) is 60.7 Å². The molecular weight excluding hydrogens is 428 g/mol. The normalized spacial score (nSPS) is 13.5. The fourth-order valence-electron chi connectivity index (χ4n) is 6.48. The Kier molecular flexibility index (Phi) is 3.11. The summed E-state index contributed by atoms with van der Waals surface area (Å²) in [7, 11) is 0. The molecule has 0 saturated heterocycles. The third-order valence-electron chi connectivity index (χ3n) is 7.95. The fraction of sp³-hybridized carbons (Fsp3) is 0.0645. The van der Waals surface area contributed by atoms with Crippen molar-refractivity contribution >= 4 is 38.5 Å². The third kappa shape index (κ3) is 2.15. The van der Waals surface area contributed by atoms with Gasteiger partial charge in [0.1, 0.15) is 5.65 Å². The first-order valence-electron chi connectivity index (χ1n) is 12.0. The van der Waals surface area contributed by atoms with Crippen LogP contribution in [0, 0.1) is 0 Å². The van der Waals surface area contributed by atoms with Crippen molar-refractivity contribution in [2.75, 3.05) is 0 Å². The summed E-state index contributed by atoms with van der Waals surface area (Å²) in [4.78, 5) is 14.3. The van der Waals surface area contributed by atoms with Gasteiger partial charge in [-0.3, -0.25) is 14.4 Å². The lowest BCUT2D eigenvalue weighted by Crippen LogP contribution is -1.96. The van der Waals surface area contributed by atoms with Crippen molar-refractivity contribution in [3.63, 3.8) is 0 Å². The molecule has 7 aromatic rings. The molecule has 0 saturated carbocycles. The van der Waals surface area contributed by atoms with E-state index in [1.54, 1.807) is 0 Å². The number of aromatic nitrogens is 4. The maximum atomic E-state index is 5.04. The molecule has 0 fully saturated rings. The SMILES string of the molecule is c1ccc2c(c1)Cc1cc3c(cc1-2)-c1ccc2c(c1C3)c1ncccc1n1c3cnccc3nc21. The van der Waals surface area contributed by atoms with E-state index >= 15 is 0 Å². The average Bonchev–Trinajstić information content (AvgIpc) is 3.58. The zero-order valence-corrected chi connectivity index (χ0v) is 18.8. The van der Waals surface area contributed by atoms with E-state index in [9.17, 15) is 0 Å². The summed E-state index contributed by atoms with van der Waals surface area (Å²) in [5, 5.41) is 2.38. The molecular formula is C31H18N4. The molecule has 2 aliphatic carbocycles. The van der Waals surface area contributed by atoms with Crippen molar-refractivity contribution in [1.82, 2.24) is 19.4 Å². The second-order valence-corrected chi connectivity index (χ2v) is 9.70. The van der Waals surface area contributed by atoms with Crippen LogP contribution < -0.4 is 0 Å². The summed E-state index contributed by atoms with van der Waals surface area (Å²) >= 11 is 0. The first-order valence-corrected chi connectivity index (χ1v) is 12.0. The van der Waals surface area contributed by atoms with Crippen molar-refractivity contribution in [3.05, 3.63) is 108 Å². The van der Waals surface area contributed by atoms with E-state index in [1.807, 2.05) is 30.7 Å². The van der Waals surface area contributed by atoms with Gasteiger partial charge in [0.15, 0.2) is 0 Å². The molecule has 162 valence electrons. The Hall–Kier alpha value is -4.57. The van der Waals surface area contributed by atoms with E-state index in [0.29, 0.717) is 0 Å². The minimum atomic E-state index is 0.926. The predicted molar refractivity (Wildman–Crippen MR) is 140 cm³/mol. The minimum absolute atomic E-state index is 0.926. The monoisotopic (exact) mass is 446 g/mol. The molecule has 0 unspecified atom stereocenters. The number of pyridine rings is 3. The molecule has 3 aromatic carbocycles. The maximum Gasteiger partial charge on any atom is 0.146 e. The van der Waals surface area contributed by atoms with Crippen molar-refractivity contribution < 1.29 is 0 Å². The second-order valence-electron chi connectivity index (χ2n) is 9.70. The molecule has 4 nitrogen and oxygen atoms in total. The smallest absolute Gasteiger partial charge is 0.146 e. The van der Waals surface area contributed by atoms with E-state index in [2.05, 4.69) is 64.0 Å². The largest absolute Gasteiger partial charge is 0.289 e. The lowest BCUT2D eigenvalue weighted by molar-refractivity contribution is 1.22. The number of imidazole rings is 1. The third-order valence-corrected chi connectivity index (χ3v) is 7.95. The standard InChI is InChI=1S/C31H18N4/c1-2-5-20-17(4-1)12-18-13-19-14-25-21(24(19)15-23(18)20)7-8-22-29(25)30-27(6-3-10-33-30)35-28-16-32-11-9-26(28)34-31(22)35/h1-11,13,15-16H,12,14H2. The Balaban J connectivity index is 1.40. The summed E-state index contributed by atoms with van der Waals surface area (Å²) in [5.41, 5.74) is 16.2. The summed E-state index contributed by atoms with van der Waals surface area (Å²) in [6.07, 6.45) is 7.56. The molecule has 4 heteroatoms. The van der Waals surface area contributed by atoms with Crippen LogP contribution >= 0.6 is 0 Å². The van der Waals surface area contributed by atoms with Gasteiger partial charge in [-0.25, -0.2) is 4.98 Å². The maximum absolute atomic E-state index is 5.04. The molecule has 0 bridgehead atoms. The molecule has 2 aliphatic rings. The van der Waals surface area contributed by atoms with Gasteiger partial charge in [-0.15, -0.1) is 0 Å². The van der Waals surface area contributed by atoms with Gasteiger partial charge in [-0.2, -0.15) is 0 Å². The number of hydrogen-bond acceptors (Lipinski definition) is 3. The topological polar surface area (TPSA) is 43.1 Å². The molecule has 9 rings (SSSR count). The summed E-state index contributed by atoms with van der Waals surface area (Å²) < 4.78 is 2.22. The molecule has 0 radical (unpaired) electrons. The van der Waals surface area contributed by atoms with Crippen LogP contribution in [0.5, 0.6) is 0 Å². The van der Waals surface area contributed by atoms with Gasteiger partial charge in [0.2, 0.25) is 0 Å². The quantitative estimate of drug-likeness (QED) is 0.243. The molecule has 0 amide bonds. The summed E-state index contributed by atoms with van der Waals surface area (Å²) in [6, 6.07) is 24.4. The predicted octanol–water partition coefficient (Wildman–Crippen LogP) is 6.73. The van der Waals surface area contributed by atoms with E-state index in [-0.39, 0.29) is 0 Å². The van der Waals surface area contributed by atoms with Crippen LogP contribution in [0.1, 0.15) is 22.3 Å². The fourth-order valence-corrected chi connectivity index (χ4v) is 6.48. The van der Waals surface area contributed by atoms with Crippen LogP contribution in [-0.2, 0) is 12.8 Å². The first kappa shape index (κ1) is 17.8. The Morgan fingerprint density at radius 1 is 0.686 bits per heavy atom. The van der Waals surface area contributed by atoms with Crippen LogP contribution in [0.2, 0.25) is 0 Å². The van der Waals surface area contributed by atoms with E-state index in [1.165, 1.54) is 49.9 Å². The molecule has 35 heavy (non-hydrogen) atoms. The highest BCUT2D eigenvalue weighted by Crippen LogP contribution is 2.47. The average molecular weight is 447 g/mol.